The Labute approximate surface area is 193 Å². The Kier molecular flexibility index (Phi) is 8.14. The first-order valence-corrected chi connectivity index (χ1v) is 12.3. The van der Waals surface area contributed by atoms with Gasteiger partial charge in [0, 0.05) is 23.7 Å². The van der Waals surface area contributed by atoms with Crippen LogP contribution in [0.15, 0.2) is 78.9 Å². The van der Waals surface area contributed by atoms with E-state index in [0.29, 0.717) is 35.2 Å². The van der Waals surface area contributed by atoms with Gasteiger partial charge in [0.1, 0.15) is 12.4 Å². The number of hydrogen-bond donors (Lipinski definition) is 1. The fraction of sp³-hybridized carbons (Fsp3) is 0.208. The summed E-state index contributed by atoms with van der Waals surface area (Å²) in [5, 5.41) is 3.27. The minimum absolute atomic E-state index is 0.179. The lowest BCUT2D eigenvalue weighted by Crippen LogP contribution is -2.31. The third kappa shape index (κ3) is 7.28. The van der Waals surface area contributed by atoms with E-state index in [1.807, 2.05) is 30.3 Å². The van der Waals surface area contributed by atoms with Crippen LogP contribution in [0.2, 0.25) is 5.02 Å². The van der Waals surface area contributed by atoms with Crippen molar-refractivity contribution < 1.29 is 17.9 Å². The van der Waals surface area contributed by atoms with E-state index in [2.05, 4.69) is 5.32 Å². The molecule has 0 heterocycles. The number of halogens is 1. The normalized spacial score (nSPS) is 11.1. The van der Waals surface area contributed by atoms with Gasteiger partial charge in [-0.3, -0.25) is 9.10 Å². The van der Waals surface area contributed by atoms with Gasteiger partial charge >= 0.3 is 0 Å². The van der Waals surface area contributed by atoms with Crippen molar-refractivity contribution >= 4 is 38.9 Å². The average Bonchev–Trinajstić information content (AvgIpc) is 2.76. The SMILES string of the molecule is CS(=O)(=O)N(CCCC(=O)Nc1ccc(OCc2ccccc2)cc1)c1cccc(Cl)c1. The van der Waals surface area contributed by atoms with Crippen LogP contribution in [0.25, 0.3) is 0 Å². The highest BCUT2D eigenvalue weighted by atomic mass is 35.5. The molecule has 32 heavy (non-hydrogen) atoms. The van der Waals surface area contributed by atoms with Crippen LogP contribution in [0.4, 0.5) is 11.4 Å². The lowest BCUT2D eigenvalue weighted by atomic mass is 10.2. The molecule has 8 heteroatoms. The molecule has 0 atom stereocenters. The smallest absolute Gasteiger partial charge is 0.232 e. The first-order valence-electron chi connectivity index (χ1n) is 10.1. The van der Waals surface area contributed by atoms with E-state index in [1.54, 1.807) is 48.5 Å². The van der Waals surface area contributed by atoms with E-state index in [0.717, 1.165) is 11.8 Å². The summed E-state index contributed by atoms with van der Waals surface area (Å²) in [7, 11) is -3.49. The van der Waals surface area contributed by atoms with Gasteiger partial charge in [-0.1, -0.05) is 48.0 Å². The number of benzene rings is 3. The van der Waals surface area contributed by atoms with Gasteiger partial charge in [0.25, 0.3) is 0 Å². The Bertz CT molecular complexity index is 1140. The minimum atomic E-state index is -3.49. The van der Waals surface area contributed by atoms with Crippen molar-refractivity contribution in [3.8, 4) is 5.75 Å². The summed E-state index contributed by atoms with van der Waals surface area (Å²) in [4.78, 5) is 12.3. The van der Waals surface area contributed by atoms with E-state index in [9.17, 15) is 13.2 Å². The summed E-state index contributed by atoms with van der Waals surface area (Å²) in [6.45, 7) is 0.648. The summed E-state index contributed by atoms with van der Waals surface area (Å²) in [6.07, 6.45) is 1.68. The van der Waals surface area contributed by atoms with Crippen molar-refractivity contribution in [1.29, 1.82) is 0 Å². The Hall–Kier alpha value is -3.03. The third-order valence-corrected chi connectivity index (χ3v) is 6.08. The predicted molar refractivity (Wildman–Crippen MR) is 129 cm³/mol. The van der Waals surface area contributed by atoms with Crippen molar-refractivity contribution in [1.82, 2.24) is 0 Å². The molecule has 0 fully saturated rings. The van der Waals surface area contributed by atoms with Crippen LogP contribution in [0, 0.1) is 0 Å². The molecule has 0 aromatic heterocycles. The summed E-state index contributed by atoms with van der Waals surface area (Å²) >= 11 is 5.98. The molecule has 0 saturated heterocycles. The minimum Gasteiger partial charge on any atom is -0.489 e. The molecule has 0 saturated carbocycles. The molecule has 0 aliphatic heterocycles. The monoisotopic (exact) mass is 472 g/mol. The number of ether oxygens (including phenoxy) is 1. The van der Waals surface area contributed by atoms with Gasteiger partial charge < -0.3 is 10.1 Å². The van der Waals surface area contributed by atoms with Crippen LogP contribution in [0.1, 0.15) is 18.4 Å². The summed E-state index contributed by atoms with van der Waals surface area (Å²) < 4.78 is 31.3. The lowest BCUT2D eigenvalue weighted by molar-refractivity contribution is -0.116. The van der Waals surface area contributed by atoms with Crippen molar-refractivity contribution in [3.05, 3.63) is 89.4 Å². The molecule has 1 N–H and O–H groups in total. The van der Waals surface area contributed by atoms with E-state index in [-0.39, 0.29) is 18.9 Å². The van der Waals surface area contributed by atoms with E-state index in [4.69, 9.17) is 16.3 Å². The molecule has 3 rings (SSSR count). The van der Waals surface area contributed by atoms with Gasteiger partial charge in [-0.15, -0.1) is 0 Å². The van der Waals surface area contributed by atoms with Crippen LogP contribution >= 0.6 is 11.6 Å². The maximum absolute atomic E-state index is 12.3. The zero-order valence-electron chi connectivity index (χ0n) is 17.7. The van der Waals surface area contributed by atoms with Gasteiger partial charge in [0.05, 0.1) is 11.9 Å². The first-order chi connectivity index (χ1) is 15.3. The molecule has 3 aromatic carbocycles. The van der Waals surface area contributed by atoms with Gasteiger partial charge in [-0.25, -0.2) is 8.42 Å². The van der Waals surface area contributed by atoms with Crippen LogP contribution in [-0.4, -0.2) is 27.1 Å². The molecule has 3 aromatic rings. The van der Waals surface area contributed by atoms with Gasteiger partial charge in [0.2, 0.25) is 15.9 Å². The second kappa shape index (κ2) is 11.0. The Balaban J connectivity index is 1.48. The van der Waals surface area contributed by atoms with E-state index >= 15 is 0 Å². The molecular weight excluding hydrogens is 448 g/mol. The fourth-order valence-corrected chi connectivity index (χ4v) is 4.24. The van der Waals surface area contributed by atoms with Gasteiger partial charge in [-0.05, 0) is 54.4 Å². The molecule has 6 nitrogen and oxygen atoms in total. The quantitative estimate of drug-likeness (QED) is 0.445. The molecule has 168 valence electrons. The average molecular weight is 473 g/mol. The Morgan fingerprint density at radius 2 is 1.72 bits per heavy atom. The van der Waals surface area contributed by atoms with E-state index in [1.165, 1.54) is 4.31 Å². The highest BCUT2D eigenvalue weighted by Crippen LogP contribution is 2.22. The van der Waals surface area contributed by atoms with Gasteiger partial charge in [-0.2, -0.15) is 0 Å². The largest absolute Gasteiger partial charge is 0.489 e. The zero-order valence-corrected chi connectivity index (χ0v) is 19.3. The number of rotatable bonds is 10. The highest BCUT2D eigenvalue weighted by molar-refractivity contribution is 7.92. The molecule has 0 aliphatic rings. The van der Waals surface area contributed by atoms with Crippen LogP contribution in [0.5, 0.6) is 5.75 Å². The number of hydrogen-bond acceptors (Lipinski definition) is 4. The number of carbonyl (C=O) groups excluding carboxylic acids is 1. The second-order valence-corrected chi connectivity index (χ2v) is 9.61. The van der Waals surface area contributed by atoms with Crippen LogP contribution in [0.3, 0.4) is 0 Å². The molecule has 0 aliphatic carbocycles. The molecule has 0 unspecified atom stereocenters. The number of anilines is 2. The van der Waals surface area contributed by atoms with E-state index < -0.39 is 10.0 Å². The summed E-state index contributed by atoms with van der Waals surface area (Å²) in [5.41, 5.74) is 2.20. The number of nitrogens with zero attached hydrogens (tertiary/aromatic N) is 1. The van der Waals surface area contributed by atoms with Crippen molar-refractivity contribution in [3.63, 3.8) is 0 Å². The number of nitrogens with one attached hydrogen (secondary N) is 1. The number of carbonyl (C=O) groups is 1. The maximum atomic E-state index is 12.3. The molecular formula is C24H25ClN2O4S. The molecule has 1 amide bonds. The van der Waals surface area contributed by atoms with Gasteiger partial charge in [0.15, 0.2) is 0 Å². The molecule has 0 spiro atoms. The standard InChI is InChI=1S/C24H25ClN2O4S/c1-32(29,30)27(22-10-5-9-20(25)17-22)16-6-11-24(28)26-21-12-14-23(15-13-21)31-18-19-7-3-2-4-8-19/h2-5,7-10,12-15,17H,6,11,16,18H2,1H3,(H,26,28). The maximum Gasteiger partial charge on any atom is 0.232 e. The summed E-state index contributed by atoms with van der Waals surface area (Å²) in [5.74, 6) is 0.514. The zero-order chi connectivity index (χ0) is 23.0. The third-order valence-electron chi connectivity index (χ3n) is 4.65. The lowest BCUT2D eigenvalue weighted by Gasteiger charge is -2.22. The van der Waals surface area contributed by atoms with Crippen molar-refractivity contribution in [2.75, 3.05) is 22.4 Å². The molecule has 0 radical (unpaired) electrons. The second-order valence-electron chi connectivity index (χ2n) is 7.27. The predicted octanol–water partition coefficient (Wildman–Crippen LogP) is 5.10. The fourth-order valence-electron chi connectivity index (χ4n) is 3.10. The Morgan fingerprint density at radius 1 is 1.00 bits per heavy atom. The van der Waals surface area contributed by atoms with Crippen molar-refractivity contribution in [2.24, 2.45) is 0 Å². The van der Waals surface area contributed by atoms with Crippen LogP contribution in [-0.2, 0) is 21.4 Å². The number of amides is 1. The van der Waals surface area contributed by atoms with Crippen molar-refractivity contribution in [2.45, 2.75) is 19.4 Å². The topological polar surface area (TPSA) is 75.7 Å². The highest BCUT2D eigenvalue weighted by Gasteiger charge is 2.18. The number of sulfonamides is 1. The molecule has 0 bridgehead atoms. The first kappa shape index (κ1) is 23.6. The van der Waals surface area contributed by atoms with Crippen LogP contribution < -0.4 is 14.4 Å². The summed E-state index contributed by atoms with van der Waals surface area (Å²) in [6, 6.07) is 23.6. The Morgan fingerprint density at radius 3 is 2.38 bits per heavy atom.